The molecule has 0 aromatic carbocycles. The first-order valence-electron chi connectivity index (χ1n) is 3.24. The van der Waals surface area contributed by atoms with E-state index >= 15 is 0 Å². The van der Waals surface area contributed by atoms with Crippen LogP contribution in [0.5, 0.6) is 0 Å². The van der Waals surface area contributed by atoms with Crippen molar-refractivity contribution < 1.29 is 29.3 Å². The van der Waals surface area contributed by atoms with Crippen molar-refractivity contribution in [3.05, 3.63) is 12.2 Å². The van der Waals surface area contributed by atoms with Gasteiger partial charge in [0.05, 0.1) is 14.2 Å². The highest BCUT2D eigenvalue weighted by molar-refractivity contribution is 5.85. The standard InChI is InChI=1S/C7H10O6/c1-12-5(8)3-4-7(10,11)6(9)13-2/h3-4,10-11H,1-2H3/b4-3-. The SMILES string of the molecule is COC(=O)/C=C\C(O)(O)C(=O)OC. The topological polar surface area (TPSA) is 93.1 Å². The van der Waals surface area contributed by atoms with Crippen LogP contribution in [-0.4, -0.2) is 42.2 Å². The summed E-state index contributed by atoms with van der Waals surface area (Å²) in [6.45, 7) is 0. The van der Waals surface area contributed by atoms with E-state index in [4.69, 9.17) is 10.2 Å². The van der Waals surface area contributed by atoms with E-state index in [2.05, 4.69) is 9.47 Å². The maximum absolute atomic E-state index is 10.6. The van der Waals surface area contributed by atoms with Gasteiger partial charge in [0, 0.05) is 6.08 Å². The highest BCUT2D eigenvalue weighted by atomic mass is 16.6. The average Bonchev–Trinajstić information content (AvgIpc) is 2.12. The van der Waals surface area contributed by atoms with Gasteiger partial charge in [-0.15, -0.1) is 0 Å². The molecule has 0 amide bonds. The number of rotatable bonds is 3. The van der Waals surface area contributed by atoms with E-state index in [1.807, 2.05) is 0 Å². The minimum atomic E-state index is -2.80. The van der Waals surface area contributed by atoms with Crippen molar-refractivity contribution in [3.63, 3.8) is 0 Å². The molecule has 0 atom stereocenters. The number of esters is 2. The average molecular weight is 190 g/mol. The Morgan fingerprint density at radius 1 is 1.23 bits per heavy atom. The molecule has 0 saturated heterocycles. The highest BCUT2D eigenvalue weighted by Crippen LogP contribution is 2.03. The first kappa shape index (κ1) is 11.6. The molecule has 0 bridgehead atoms. The Kier molecular flexibility index (Phi) is 4.09. The van der Waals surface area contributed by atoms with Crippen LogP contribution in [-0.2, 0) is 19.1 Å². The molecule has 0 aliphatic carbocycles. The number of carbonyl (C=O) groups is 2. The molecule has 0 heterocycles. The minimum absolute atomic E-state index is 0.560. The predicted octanol–water partition coefficient (Wildman–Crippen LogP) is -1.43. The zero-order valence-corrected chi connectivity index (χ0v) is 7.18. The molecule has 0 rings (SSSR count). The molecule has 74 valence electrons. The lowest BCUT2D eigenvalue weighted by molar-refractivity contribution is -0.190. The number of aliphatic hydroxyl groups is 2. The second-order valence-electron chi connectivity index (χ2n) is 2.07. The summed E-state index contributed by atoms with van der Waals surface area (Å²) in [4.78, 5) is 21.1. The van der Waals surface area contributed by atoms with Crippen LogP contribution >= 0.6 is 0 Å². The molecule has 0 spiro atoms. The first-order chi connectivity index (χ1) is 5.94. The molecule has 0 unspecified atom stereocenters. The number of carbonyl (C=O) groups excluding carboxylic acids is 2. The minimum Gasteiger partial charge on any atom is -0.466 e. The summed E-state index contributed by atoms with van der Waals surface area (Å²) in [5, 5.41) is 17.8. The second kappa shape index (κ2) is 4.58. The van der Waals surface area contributed by atoms with Gasteiger partial charge in [-0.2, -0.15) is 0 Å². The van der Waals surface area contributed by atoms with E-state index < -0.39 is 17.7 Å². The summed E-state index contributed by atoms with van der Waals surface area (Å²) in [6, 6.07) is 0. The van der Waals surface area contributed by atoms with Crippen molar-refractivity contribution >= 4 is 11.9 Å². The number of methoxy groups -OCH3 is 2. The third kappa shape index (κ3) is 3.68. The quantitative estimate of drug-likeness (QED) is 0.322. The van der Waals surface area contributed by atoms with Gasteiger partial charge in [0.15, 0.2) is 0 Å². The molecule has 0 aromatic heterocycles. The van der Waals surface area contributed by atoms with Gasteiger partial charge in [-0.1, -0.05) is 0 Å². The van der Waals surface area contributed by atoms with Crippen LogP contribution in [0.2, 0.25) is 0 Å². The highest BCUT2D eigenvalue weighted by Gasteiger charge is 2.31. The maximum Gasteiger partial charge on any atom is 0.370 e. The molecule has 0 aliphatic rings. The predicted molar refractivity (Wildman–Crippen MR) is 40.3 cm³/mol. The van der Waals surface area contributed by atoms with E-state index in [9.17, 15) is 9.59 Å². The van der Waals surface area contributed by atoms with E-state index in [0.717, 1.165) is 14.2 Å². The molecule has 0 fully saturated rings. The van der Waals surface area contributed by atoms with Gasteiger partial charge in [-0.25, -0.2) is 9.59 Å². The summed E-state index contributed by atoms with van der Waals surface area (Å²) < 4.78 is 8.20. The van der Waals surface area contributed by atoms with Gasteiger partial charge in [0.2, 0.25) is 0 Å². The van der Waals surface area contributed by atoms with Crippen molar-refractivity contribution in [2.24, 2.45) is 0 Å². The Bertz CT molecular complexity index is 229. The van der Waals surface area contributed by atoms with Gasteiger partial charge in [-0.3, -0.25) is 0 Å². The summed E-state index contributed by atoms with van der Waals surface area (Å²) in [7, 11) is 2.09. The van der Waals surface area contributed by atoms with Gasteiger partial charge in [0.1, 0.15) is 0 Å². The van der Waals surface area contributed by atoms with Crippen molar-refractivity contribution in [3.8, 4) is 0 Å². The molecule has 6 heteroatoms. The lowest BCUT2D eigenvalue weighted by Gasteiger charge is -2.12. The summed E-state index contributed by atoms with van der Waals surface area (Å²) in [6.07, 6.45) is 1.27. The van der Waals surface area contributed by atoms with Crippen LogP contribution in [0, 0.1) is 0 Å². The largest absolute Gasteiger partial charge is 0.466 e. The molecular weight excluding hydrogens is 180 g/mol. The normalized spacial score (nSPS) is 11.4. The third-order valence-electron chi connectivity index (χ3n) is 1.14. The monoisotopic (exact) mass is 190 g/mol. The molecule has 0 saturated carbocycles. The number of hydrogen-bond acceptors (Lipinski definition) is 6. The molecule has 0 aromatic rings. The molecule has 6 nitrogen and oxygen atoms in total. The van der Waals surface area contributed by atoms with E-state index in [0.29, 0.717) is 12.2 Å². The molecule has 2 N–H and O–H groups in total. The van der Waals surface area contributed by atoms with Crippen LogP contribution in [0.1, 0.15) is 0 Å². The van der Waals surface area contributed by atoms with Gasteiger partial charge >= 0.3 is 11.9 Å². The van der Waals surface area contributed by atoms with Crippen molar-refractivity contribution in [2.45, 2.75) is 5.79 Å². The van der Waals surface area contributed by atoms with Gasteiger partial charge in [-0.05, 0) is 6.08 Å². The van der Waals surface area contributed by atoms with Gasteiger partial charge < -0.3 is 19.7 Å². The Hall–Kier alpha value is -1.40. The fraction of sp³-hybridized carbons (Fsp3) is 0.429. The molecule has 0 radical (unpaired) electrons. The van der Waals surface area contributed by atoms with E-state index in [1.54, 1.807) is 0 Å². The lowest BCUT2D eigenvalue weighted by atomic mass is 10.2. The first-order valence-corrected chi connectivity index (χ1v) is 3.24. The smallest absolute Gasteiger partial charge is 0.370 e. The molecular formula is C7H10O6. The Balaban J connectivity index is 4.40. The Morgan fingerprint density at radius 3 is 2.15 bits per heavy atom. The fourth-order valence-electron chi connectivity index (χ4n) is 0.471. The summed E-state index contributed by atoms with van der Waals surface area (Å²) >= 11 is 0. The number of ether oxygens (including phenoxy) is 2. The van der Waals surface area contributed by atoms with Crippen LogP contribution in [0.25, 0.3) is 0 Å². The van der Waals surface area contributed by atoms with Crippen LogP contribution in [0.4, 0.5) is 0 Å². The Labute approximate surface area is 74.4 Å². The van der Waals surface area contributed by atoms with Crippen LogP contribution < -0.4 is 0 Å². The van der Waals surface area contributed by atoms with Gasteiger partial charge in [0.25, 0.3) is 5.79 Å². The molecule has 13 heavy (non-hydrogen) atoms. The van der Waals surface area contributed by atoms with E-state index in [-0.39, 0.29) is 0 Å². The van der Waals surface area contributed by atoms with Crippen molar-refractivity contribution in [1.29, 1.82) is 0 Å². The maximum atomic E-state index is 10.6. The summed E-state index contributed by atoms with van der Waals surface area (Å²) in [5.74, 6) is -4.90. The summed E-state index contributed by atoms with van der Waals surface area (Å²) in [5.41, 5.74) is 0. The second-order valence-corrected chi connectivity index (χ2v) is 2.07. The van der Waals surface area contributed by atoms with Crippen molar-refractivity contribution in [1.82, 2.24) is 0 Å². The third-order valence-corrected chi connectivity index (χ3v) is 1.14. The zero-order valence-electron chi connectivity index (χ0n) is 7.18. The van der Waals surface area contributed by atoms with Crippen LogP contribution in [0.3, 0.4) is 0 Å². The Morgan fingerprint density at radius 2 is 1.77 bits per heavy atom. The number of hydrogen-bond donors (Lipinski definition) is 2. The van der Waals surface area contributed by atoms with Crippen LogP contribution in [0.15, 0.2) is 12.2 Å². The fourth-order valence-corrected chi connectivity index (χ4v) is 0.471. The lowest BCUT2D eigenvalue weighted by Crippen LogP contribution is -2.37. The van der Waals surface area contributed by atoms with Crippen molar-refractivity contribution in [2.75, 3.05) is 14.2 Å². The zero-order chi connectivity index (χ0) is 10.5. The van der Waals surface area contributed by atoms with E-state index in [1.165, 1.54) is 0 Å². The molecule has 0 aliphatic heterocycles.